The van der Waals surface area contributed by atoms with Gasteiger partial charge in [-0.1, -0.05) is 194 Å². The summed E-state index contributed by atoms with van der Waals surface area (Å²) in [4.78, 5) is 10.7. The minimum atomic E-state index is -0.436. The molecule has 0 bridgehead atoms. The summed E-state index contributed by atoms with van der Waals surface area (Å²) in [5.74, 6) is 0.704. The van der Waals surface area contributed by atoms with Gasteiger partial charge in [0.2, 0.25) is 0 Å². The molecular weight excluding hydrogens is 737 g/mol. The van der Waals surface area contributed by atoms with Gasteiger partial charge in [-0.3, -0.25) is 0 Å². The third-order valence-corrected chi connectivity index (χ3v) is 13.3. The van der Waals surface area contributed by atoms with Crippen molar-refractivity contribution in [2.24, 2.45) is 0 Å². The van der Waals surface area contributed by atoms with E-state index in [1.54, 1.807) is 0 Å². The molecule has 0 atom stereocenters. The van der Waals surface area contributed by atoms with E-state index in [4.69, 9.17) is 9.97 Å². The number of hydrogen-bond acceptors (Lipinski definition) is 2. The van der Waals surface area contributed by atoms with Crippen molar-refractivity contribution in [1.29, 1.82) is 0 Å². The van der Waals surface area contributed by atoms with E-state index in [-0.39, 0.29) is 0 Å². The zero-order chi connectivity index (χ0) is 40.1. The molecular formula is C59H36N2. The average molecular weight is 773 g/mol. The molecule has 10 aromatic carbocycles. The third-order valence-electron chi connectivity index (χ3n) is 13.3. The Morgan fingerprint density at radius 2 is 0.820 bits per heavy atom. The van der Waals surface area contributed by atoms with Gasteiger partial charge in [0.05, 0.1) is 16.8 Å². The Bertz CT molecular complexity index is 3540. The Kier molecular flexibility index (Phi) is 7.26. The van der Waals surface area contributed by atoms with E-state index >= 15 is 0 Å². The van der Waals surface area contributed by atoms with Crippen LogP contribution in [0.15, 0.2) is 218 Å². The average Bonchev–Trinajstić information content (AvgIpc) is 3.80. The molecule has 0 saturated carbocycles. The predicted octanol–water partition coefficient (Wildman–Crippen LogP) is 14.9. The number of aromatic nitrogens is 2. The molecule has 1 heterocycles. The largest absolute Gasteiger partial charge is 0.228 e. The van der Waals surface area contributed by atoms with E-state index < -0.39 is 5.41 Å². The zero-order valence-corrected chi connectivity index (χ0v) is 33.2. The highest BCUT2D eigenvalue weighted by molar-refractivity contribution is 6.20. The van der Waals surface area contributed by atoms with Crippen LogP contribution in [0.4, 0.5) is 0 Å². The molecule has 61 heavy (non-hydrogen) atoms. The molecule has 0 saturated heterocycles. The second-order valence-electron chi connectivity index (χ2n) is 16.4. The molecule has 2 nitrogen and oxygen atoms in total. The summed E-state index contributed by atoms with van der Waals surface area (Å²) in [6.07, 6.45) is 0. The Balaban J connectivity index is 1.03. The van der Waals surface area contributed by atoms with Crippen LogP contribution in [-0.4, -0.2) is 9.97 Å². The van der Waals surface area contributed by atoms with Gasteiger partial charge in [0.15, 0.2) is 5.82 Å². The molecule has 0 amide bonds. The number of nitrogens with zero attached hydrogens (tertiary/aromatic N) is 2. The number of fused-ring (bicyclic) bond motifs is 14. The number of benzene rings is 10. The maximum absolute atomic E-state index is 5.36. The van der Waals surface area contributed by atoms with Crippen LogP contribution in [0.3, 0.4) is 0 Å². The fourth-order valence-electron chi connectivity index (χ4n) is 10.7. The molecule has 0 radical (unpaired) electrons. The molecule has 2 aliphatic carbocycles. The lowest BCUT2D eigenvalue weighted by Gasteiger charge is -2.30. The van der Waals surface area contributed by atoms with Crippen molar-refractivity contribution in [2.75, 3.05) is 0 Å². The zero-order valence-electron chi connectivity index (χ0n) is 33.2. The van der Waals surface area contributed by atoms with Gasteiger partial charge in [0.1, 0.15) is 0 Å². The van der Waals surface area contributed by atoms with Crippen molar-refractivity contribution >= 4 is 32.3 Å². The van der Waals surface area contributed by atoms with Crippen molar-refractivity contribution in [3.63, 3.8) is 0 Å². The van der Waals surface area contributed by atoms with Crippen LogP contribution in [0.2, 0.25) is 0 Å². The van der Waals surface area contributed by atoms with Gasteiger partial charge in [-0.05, 0) is 112 Å². The SMILES string of the molecule is c1ccc(-c2nc(-c3cccc(-c4c5ccccc5cc5c4ccc4ccccc45)c3)cc(-c3ccc4c(c3)C3(c5ccccc5-c5ccccc53)c3ccccc3-4)n2)cc1. The molecule has 0 N–H and O–H groups in total. The van der Waals surface area contributed by atoms with Crippen LogP contribution in [0.5, 0.6) is 0 Å². The minimum absolute atomic E-state index is 0.436. The maximum Gasteiger partial charge on any atom is 0.160 e. The summed E-state index contributed by atoms with van der Waals surface area (Å²) >= 11 is 0. The summed E-state index contributed by atoms with van der Waals surface area (Å²) in [5.41, 5.74) is 17.3. The Labute approximate surface area is 354 Å². The van der Waals surface area contributed by atoms with Crippen molar-refractivity contribution in [3.8, 4) is 67.3 Å². The molecule has 13 rings (SSSR count). The lowest BCUT2D eigenvalue weighted by molar-refractivity contribution is 0.794. The highest BCUT2D eigenvalue weighted by atomic mass is 14.9. The fraction of sp³-hybridized carbons (Fsp3) is 0.0169. The predicted molar refractivity (Wildman–Crippen MR) is 253 cm³/mol. The van der Waals surface area contributed by atoms with E-state index in [9.17, 15) is 0 Å². The Morgan fingerprint density at radius 1 is 0.279 bits per heavy atom. The second kappa shape index (κ2) is 13.0. The smallest absolute Gasteiger partial charge is 0.160 e. The summed E-state index contributed by atoms with van der Waals surface area (Å²) in [6.45, 7) is 0. The van der Waals surface area contributed by atoms with Gasteiger partial charge >= 0.3 is 0 Å². The van der Waals surface area contributed by atoms with E-state index in [2.05, 4.69) is 212 Å². The van der Waals surface area contributed by atoms with Crippen molar-refractivity contribution in [3.05, 3.63) is 241 Å². The van der Waals surface area contributed by atoms with E-state index in [1.807, 2.05) is 6.07 Å². The van der Waals surface area contributed by atoms with Crippen LogP contribution in [0.1, 0.15) is 22.3 Å². The molecule has 1 spiro atoms. The molecule has 0 aliphatic heterocycles. The van der Waals surface area contributed by atoms with E-state index in [0.29, 0.717) is 5.82 Å². The first-order valence-corrected chi connectivity index (χ1v) is 21.1. The summed E-state index contributed by atoms with van der Waals surface area (Å²) in [6, 6.07) is 79.8. The maximum atomic E-state index is 5.36. The van der Waals surface area contributed by atoms with Crippen molar-refractivity contribution in [1.82, 2.24) is 9.97 Å². The van der Waals surface area contributed by atoms with Gasteiger partial charge < -0.3 is 0 Å². The quantitative estimate of drug-likeness (QED) is 0.132. The first-order valence-electron chi connectivity index (χ1n) is 21.1. The van der Waals surface area contributed by atoms with Gasteiger partial charge in [-0.15, -0.1) is 0 Å². The summed E-state index contributed by atoms with van der Waals surface area (Å²) < 4.78 is 0. The second-order valence-corrected chi connectivity index (χ2v) is 16.4. The van der Waals surface area contributed by atoms with Gasteiger partial charge in [0.25, 0.3) is 0 Å². The first-order chi connectivity index (χ1) is 30.2. The molecule has 0 fully saturated rings. The van der Waals surface area contributed by atoms with E-state index in [0.717, 1.165) is 33.6 Å². The van der Waals surface area contributed by atoms with Crippen LogP contribution in [0, 0.1) is 0 Å². The molecule has 2 aliphatic rings. The van der Waals surface area contributed by atoms with Gasteiger partial charge in [-0.2, -0.15) is 0 Å². The Morgan fingerprint density at radius 3 is 1.52 bits per heavy atom. The third kappa shape index (κ3) is 4.91. The van der Waals surface area contributed by atoms with Gasteiger partial charge in [0, 0.05) is 16.7 Å². The highest BCUT2D eigenvalue weighted by Gasteiger charge is 2.51. The normalized spacial score (nSPS) is 13.0. The molecule has 2 heteroatoms. The standard InChI is InChI=1S/C59H36N2/c1-2-16-38(17-3-1)58-60-55(40-19-14-20-42(33-40)57-44-22-7-5-18-39(44)34-50-43-21-6-4-15-37(43)29-32-49(50)57)36-56(61-58)41-30-31-48-47-25-10-13-28-53(47)59(54(48)35-41)51-26-11-8-23-45(51)46-24-9-12-27-52(46)59/h1-36H. The monoisotopic (exact) mass is 772 g/mol. The first kappa shape index (κ1) is 34.0. The molecule has 0 unspecified atom stereocenters. The van der Waals surface area contributed by atoms with Crippen molar-refractivity contribution < 1.29 is 0 Å². The lowest BCUT2D eigenvalue weighted by Crippen LogP contribution is -2.25. The summed E-state index contributed by atoms with van der Waals surface area (Å²) in [5, 5.41) is 7.47. The van der Waals surface area contributed by atoms with Crippen LogP contribution >= 0.6 is 0 Å². The molecule has 282 valence electrons. The Hall–Kier alpha value is -7.94. The van der Waals surface area contributed by atoms with Crippen LogP contribution < -0.4 is 0 Å². The van der Waals surface area contributed by atoms with Crippen molar-refractivity contribution in [2.45, 2.75) is 5.41 Å². The highest BCUT2D eigenvalue weighted by Crippen LogP contribution is 2.63. The molecule has 11 aromatic rings. The van der Waals surface area contributed by atoms with Crippen LogP contribution in [0.25, 0.3) is 99.6 Å². The van der Waals surface area contributed by atoms with Gasteiger partial charge in [-0.25, -0.2) is 9.97 Å². The minimum Gasteiger partial charge on any atom is -0.228 e. The lowest BCUT2D eigenvalue weighted by atomic mass is 9.70. The number of rotatable bonds is 4. The number of hydrogen-bond donors (Lipinski definition) is 0. The molecule has 1 aromatic heterocycles. The van der Waals surface area contributed by atoms with Crippen LogP contribution in [-0.2, 0) is 5.41 Å². The van der Waals surface area contributed by atoms with E-state index in [1.165, 1.54) is 82.4 Å². The topological polar surface area (TPSA) is 25.8 Å². The fourth-order valence-corrected chi connectivity index (χ4v) is 10.7. The summed E-state index contributed by atoms with van der Waals surface area (Å²) in [7, 11) is 0.